The van der Waals surface area contributed by atoms with Crippen molar-refractivity contribution in [3.63, 3.8) is 0 Å². The molecule has 0 atom stereocenters. The molecule has 32 heavy (non-hydrogen) atoms. The monoisotopic (exact) mass is 452 g/mol. The Morgan fingerprint density at radius 3 is 2.38 bits per heavy atom. The van der Waals surface area contributed by atoms with Gasteiger partial charge in [0.2, 0.25) is 11.8 Å². The lowest BCUT2D eigenvalue weighted by molar-refractivity contribution is -0.122. The Hall–Kier alpha value is -3.13. The van der Waals surface area contributed by atoms with Crippen LogP contribution >= 0.6 is 11.8 Å². The normalized spacial score (nSPS) is 11.1. The number of fused-ring (bicyclic) bond motifs is 1. The minimum atomic E-state index is -0.305. The van der Waals surface area contributed by atoms with Gasteiger partial charge in [-0.15, -0.1) is 0 Å². The Balaban J connectivity index is 1.63. The Morgan fingerprint density at radius 2 is 1.72 bits per heavy atom. The number of carbonyl (C=O) groups is 2. The zero-order valence-electron chi connectivity index (χ0n) is 19.0. The first-order valence-corrected chi connectivity index (χ1v) is 11.4. The van der Waals surface area contributed by atoms with Gasteiger partial charge >= 0.3 is 0 Å². The minimum Gasteiger partial charge on any atom is -0.346 e. The van der Waals surface area contributed by atoms with Gasteiger partial charge in [0, 0.05) is 11.7 Å². The molecule has 0 unspecified atom stereocenters. The maximum atomic E-state index is 12.9. The summed E-state index contributed by atoms with van der Waals surface area (Å²) in [5.74, 6) is -0.547. The number of nitrogens with one attached hydrogen (secondary N) is 2. The summed E-state index contributed by atoms with van der Waals surface area (Å²) >= 11 is 1.18. The molecular formula is C24H28N4O3S. The van der Waals surface area contributed by atoms with Crippen LogP contribution in [0.5, 0.6) is 0 Å². The largest absolute Gasteiger partial charge is 0.346 e. The third-order valence-corrected chi connectivity index (χ3v) is 5.96. The third-order valence-electron chi connectivity index (χ3n) is 5.01. The number of rotatable bonds is 7. The van der Waals surface area contributed by atoms with E-state index < -0.39 is 0 Å². The van der Waals surface area contributed by atoms with Crippen LogP contribution in [0.15, 0.2) is 46.3 Å². The highest BCUT2D eigenvalue weighted by Gasteiger charge is 2.16. The second-order valence-corrected chi connectivity index (χ2v) is 9.01. The summed E-state index contributed by atoms with van der Waals surface area (Å²) in [6, 6.07) is 11.1. The third kappa shape index (κ3) is 5.37. The molecule has 1 heterocycles. The van der Waals surface area contributed by atoms with E-state index in [0.717, 1.165) is 22.4 Å². The molecule has 0 aliphatic rings. The quantitative estimate of drug-likeness (QED) is 0.421. The lowest BCUT2D eigenvalue weighted by Crippen LogP contribution is -2.34. The SMILES string of the molecule is Cc1cc(C)c(NC(=O)CNC(=O)CSc2nc3ccccc3c(=O)n2C(C)C)c(C)c1. The summed E-state index contributed by atoms with van der Waals surface area (Å²) in [6.07, 6.45) is 0. The number of aromatic nitrogens is 2. The average molecular weight is 453 g/mol. The summed E-state index contributed by atoms with van der Waals surface area (Å²) < 4.78 is 1.59. The maximum absolute atomic E-state index is 12.9. The first-order valence-electron chi connectivity index (χ1n) is 10.5. The van der Waals surface area contributed by atoms with Crippen molar-refractivity contribution in [1.29, 1.82) is 0 Å². The van der Waals surface area contributed by atoms with E-state index in [1.165, 1.54) is 11.8 Å². The molecule has 0 aliphatic carbocycles. The molecule has 3 rings (SSSR count). The zero-order valence-corrected chi connectivity index (χ0v) is 19.8. The molecule has 8 heteroatoms. The van der Waals surface area contributed by atoms with Crippen molar-refractivity contribution in [3.8, 4) is 0 Å². The van der Waals surface area contributed by atoms with Gasteiger partial charge in [0.15, 0.2) is 5.16 Å². The van der Waals surface area contributed by atoms with Gasteiger partial charge in [-0.05, 0) is 57.9 Å². The molecule has 2 aromatic carbocycles. The van der Waals surface area contributed by atoms with Gasteiger partial charge in [0.25, 0.3) is 5.56 Å². The summed E-state index contributed by atoms with van der Waals surface area (Å²) in [7, 11) is 0. The van der Waals surface area contributed by atoms with Crippen LogP contribution in [-0.4, -0.2) is 33.7 Å². The molecule has 2 amide bonds. The second kappa shape index (κ2) is 9.99. The summed E-state index contributed by atoms with van der Waals surface area (Å²) in [6.45, 7) is 9.56. The van der Waals surface area contributed by atoms with Crippen molar-refractivity contribution in [2.45, 2.75) is 45.8 Å². The summed E-state index contributed by atoms with van der Waals surface area (Å²) in [4.78, 5) is 42.1. The number of para-hydroxylation sites is 1. The summed E-state index contributed by atoms with van der Waals surface area (Å²) in [5, 5.41) is 6.54. The van der Waals surface area contributed by atoms with Crippen molar-refractivity contribution in [3.05, 3.63) is 63.4 Å². The highest BCUT2D eigenvalue weighted by Crippen LogP contribution is 2.22. The fourth-order valence-corrected chi connectivity index (χ4v) is 4.56. The number of aryl methyl sites for hydroxylation is 3. The van der Waals surface area contributed by atoms with Crippen LogP contribution in [0.2, 0.25) is 0 Å². The van der Waals surface area contributed by atoms with E-state index in [1.54, 1.807) is 22.8 Å². The number of carbonyl (C=O) groups excluding carboxylic acids is 2. The first kappa shape index (κ1) is 23.5. The number of hydrogen-bond donors (Lipinski definition) is 2. The Bertz CT molecular complexity index is 1210. The Kier molecular flexibility index (Phi) is 7.35. The van der Waals surface area contributed by atoms with E-state index >= 15 is 0 Å². The van der Waals surface area contributed by atoms with Crippen molar-refractivity contribution in [2.24, 2.45) is 0 Å². The van der Waals surface area contributed by atoms with Crippen LogP contribution in [0.3, 0.4) is 0 Å². The van der Waals surface area contributed by atoms with Crippen LogP contribution in [0.1, 0.15) is 36.6 Å². The molecule has 0 saturated carbocycles. The van der Waals surface area contributed by atoms with Crippen molar-refractivity contribution >= 4 is 40.2 Å². The molecule has 168 valence electrons. The fourth-order valence-electron chi connectivity index (χ4n) is 3.60. The molecule has 7 nitrogen and oxygen atoms in total. The molecule has 0 fully saturated rings. The minimum absolute atomic E-state index is 0.0490. The molecule has 0 aliphatic heterocycles. The average Bonchev–Trinajstić information content (AvgIpc) is 2.73. The van der Waals surface area contributed by atoms with Crippen LogP contribution in [0.25, 0.3) is 10.9 Å². The van der Waals surface area contributed by atoms with Gasteiger partial charge in [0.1, 0.15) is 0 Å². The van der Waals surface area contributed by atoms with Crippen molar-refractivity contribution in [2.75, 3.05) is 17.6 Å². The van der Waals surface area contributed by atoms with Crippen molar-refractivity contribution < 1.29 is 9.59 Å². The highest BCUT2D eigenvalue weighted by atomic mass is 32.2. The van der Waals surface area contributed by atoms with Crippen LogP contribution in [-0.2, 0) is 9.59 Å². The van der Waals surface area contributed by atoms with Gasteiger partial charge in [-0.3, -0.25) is 19.0 Å². The molecule has 1 aromatic heterocycles. The molecule has 0 bridgehead atoms. The lowest BCUT2D eigenvalue weighted by atomic mass is 10.1. The first-order chi connectivity index (χ1) is 15.2. The zero-order chi connectivity index (χ0) is 23.4. The Labute approximate surface area is 191 Å². The predicted octanol–water partition coefficient (Wildman–Crippen LogP) is 3.75. The number of thioether (sulfide) groups is 1. The predicted molar refractivity (Wildman–Crippen MR) is 129 cm³/mol. The summed E-state index contributed by atoms with van der Waals surface area (Å²) in [5.41, 5.74) is 4.33. The molecule has 0 saturated heterocycles. The highest BCUT2D eigenvalue weighted by molar-refractivity contribution is 7.99. The topological polar surface area (TPSA) is 93.1 Å². The maximum Gasteiger partial charge on any atom is 0.262 e. The van der Waals surface area contributed by atoms with E-state index in [2.05, 4.69) is 15.6 Å². The van der Waals surface area contributed by atoms with Gasteiger partial charge in [-0.1, -0.05) is 41.6 Å². The second-order valence-electron chi connectivity index (χ2n) is 8.07. The number of hydrogen-bond acceptors (Lipinski definition) is 5. The number of anilines is 1. The number of benzene rings is 2. The Morgan fingerprint density at radius 1 is 1.06 bits per heavy atom. The number of amides is 2. The lowest BCUT2D eigenvalue weighted by Gasteiger charge is -2.16. The molecule has 2 N–H and O–H groups in total. The van der Waals surface area contributed by atoms with Gasteiger partial charge < -0.3 is 10.6 Å². The van der Waals surface area contributed by atoms with E-state index in [4.69, 9.17) is 0 Å². The smallest absolute Gasteiger partial charge is 0.262 e. The molecular weight excluding hydrogens is 424 g/mol. The van der Waals surface area contributed by atoms with Gasteiger partial charge in [-0.25, -0.2) is 4.98 Å². The van der Waals surface area contributed by atoms with Crippen LogP contribution < -0.4 is 16.2 Å². The van der Waals surface area contributed by atoms with Crippen LogP contribution in [0.4, 0.5) is 5.69 Å². The molecule has 0 spiro atoms. The molecule has 3 aromatic rings. The van der Waals surface area contributed by atoms with Crippen molar-refractivity contribution in [1.82, 2.24) is 14.9 Å². The van der Waals surface area contributed by atoms with E-state index in [-0.39, 0.29) is 35.7 Å². The fraction of sp³-hybridized carbons (Fsp3) is 0.333. The van der Waals surface area contributed by atoms with E-state index in [1.807, 2.05) is 52.8 Å². The van der Waals surface area contributed by atoms with Gasteiger partial charge in [-0.2, -0.15) is 0 Å². The van der Waals surface area contributed by atoms with E-state index in [0.29, 0.717) is 16.1 Å². The number of nitrogens with zero attached hydrogens (tertiary/aromatic N) is 2. The molecule has 0 radical (unpaired) electrons. The standard InChI is InChI=1S/C24H28N4O3S/c1-14(2)28-23(31)18-8-6-7-9-19(18)26-24(28)32-13-21(30)25-12-20(29)27-22-16(4)10-15(3)11-17(22)5/h6-11,14H,12-13H2,1-5H3,(H,25,30)(H,27,29). The van der Waals surface area contributed by atoms with E-state index in [9.17, 15) is 14.4 Å². The van der Waals surface area contributed by atoms with Crippen LogP contribution in [0, 0.1) is 20.8 Å². The van der Waals surface area contributed by atoms with Gasteiger partial charge in [0.05, 0.1) is 23.2 Å².